The molecule has 2 fully saturated rings. The molecule has 0 unspecified atom stereocenters. The molecule has 0 spiro atoms. The summed E-state index contributed by atoms with van der Waals surface area (Å²) in [4.78, 5) is 26.9. The zero-order valence-electron chi connectivity index (χ0n) is 17.6. The highest BCUT2D eigenvalue weighted by Gasteiger charge is 2.30. The molecule has 31 heavy (non-hydrogen) atoms. The predicted octanol–water partition coefficient (Wildman–Crippen LogP) is 4.71. The van der Waals surface area contributed by atoms with Crippen molar-refractivity contribution < 1.29 is 4.79 Å². The van der Waals surface area contributed by atoms with Crippen LogP contribution in [0.2, 0.25) is 5.02 Å². The molecule has 3 aromatic rings. The van der Waals surface area contributed by atoms with Crippen molar-refractivity contribution in [1.82, 2.24) is 14.9 Å². The molecule has 2 aromatic carbocycles. The lowest BCUT2D eigenvalue weighted by atomic mass is 10.1. The van der Waals surface area contributed by atoms with E-state index in [2.05, 4.69) is 21.9 Å². The summed E-state index contributed by atoms with van der Waals surface area (Å²) >= 11 is 6.27. The van der Waals surface area contributed by atoms with Crippen molar-refractivity contribution in [2.75, 3.05) is 31.1 Å². The predicted molar refractivity (Wildman–Crippen MR) is 125 cm³/mol. The van der Waals surface area contributed by atoms with E-state index in [4.69, 9.17) is 21.6 Å². The maximum absolute atomic E-state index is 12.8. The summed E-state index contributed by atoms with van der Waals surface area (Å²) in [5.41, 5.74) is 2.05. The first kappa shape index (κ1) is 20.3. The number of piperazine rings is 1. The third kappa shape index (κ3) is 4.38. The highest BCUT2D eigenvalue weighted by Crippen LogP contribution is 2.30. The van der Waals surface area contributed by atoms with Crippen LogP contribution in [0, 0.1) is 5.92 Å². The van der Waals surface area contributed by atoms with Crippen LogP contribution in [-0.2, 0) is 11.2 Å². The minimum atomic E-state index is 0.242. The number of anilines is 1. The van der Waals surface area contributed by atoms with Gasteiger partial charge in [-0.1, -0.05) is 54.8 Å². The molecule has 1 amide bonds. The Labute approximate surface area is 188 Å². The lowest BCUT2D eigenvalue weighted by molar-refractivity contribution is -0.135. The second-order valence-electron chi connectivity index (χ2n) is 8.58. The van der Waals surface area contributed by atoms with Crippen LogP contribution in [0.5, 0.6) is 0 Å². The average Bonchev–Trinajstić information content (AvgIpc) is 3.34. The third-order valence-electron chi connectivity index (χ3n) is 6.49. The first-order chi connectivity index (χ1) is 15.2. The van der Waals surface area contributed by atoms with Gasteiger partial charge in [0.25, 0.3) is 0 Å². The van der Waals surface area contributed by atoms with Crippen LogP contribution in [0.1, 0.15) is 37.1 Å². The highest BCUT2D eigenvalue weighted by atomic mass is 35.5. The fourth-order valence-electron chi connectivity index (χ4n) is 4.80. The maximum atomic E-state index is 12.8. The Morgan fingerprint density at radius 1 is 0.968 bits per heavy atom. The molecule has 2 heterocycles. The topological polar surface area (TPSA) is 49.3 Å². The summed E-state index contributed by atoms with van der Waals surface area (Å²) in [7, 11) is 0. The van der Waals surface area contributed by atoms with Gasteiger partial charge in [0.1, 0.15) is 11.6 Å². The van der Waals surface area contributed by atoms with Crippen LogP contribution in [0.25, 0.3) is 10.9 Å². The number of nitrogens with zero attached hydrogens (tertiary/aromatic N) is 4. The number of hydrogen-bond acceptors (Lipinski definition) is 4. The smallest absolute Gasteiger partial charge is 0.225 e. The standard InChI is InChI=1S/C25H27ClN4O/c26-20-10-11-21-22(17-20)27-23(16-18-6-2-1-3-7-18)28-24(21)29-12-14-30(15-13-29)25(31)19-8-4-5-9-19/h1-3,6-7,10-11,17,19H,4-5,8-9,12-16H2. The third-order valence-corrected chi connectivity index (χ3v) is 6.72. The van der Waals surface area contributed by atoms with E-state index < -0.39 is 0 Å². The van der Waals surface area contributed by atoms with E-state index in [-0.39, 0.29) is 5.92 Å². The van der Waals surface area contributed by atoms with E-state index in [0.29, 0.717) is 17.4 Å². The van der Waals surface area contributed by atoms with E-state index in [1.54, 1.807) is 0 Å². The quantitative estimate of drug-likeness (QED) is 0.596. The average molecular weight is 435 g/mol. The number of carbonyl (C=O) groups is 1. The monoisotopic (exact) mass is 434 g/mol. The maximum Gasteiger partial charge on any atom is 0.225 e. The van der Waals surface area contributed by atoms with Crippen LogP contribution < -0.4 is 4.90 Å². The van der Waals surface area contributed by atoms with E-state index in [0.717, 1.165) is 61.6 Å². The summed E-state index contributed by atoms with van der Waals surface area (Å²) < 4.78 is 0. The van der Waals surface area contributed by atoms with E-state index in [9.17, 15) is 4.79 Å². The number of rotatable bonds is 4. The number of fused-ring (bicyclic) bond motifs is 1. The molecule has 0 radical (unpaired) electrons. The number of carbonyl (C=O) groups excluding carboxylic acids is 1. The molecular weight excluding hydrogens is 408 g/mol. The Morgan fingerprint density at radius 2 is 1.71 bits per heavy atom. The first-order valence-corrected chi connectivity index (χ1v) is 11.6. The molecule has 2 aliphatic rings. The van der Waals surface area contributed by atoms with Crippen LogP contribution >= 0.6 is 11.6 Å². The Hall–Kier alpha value is -2.66. The van der Waals surface area contributed by atoms with Crippen molar-refractivity contribution in [1.29, 1.82) is 0 Å². The van der Waals surface area contributed by atoms with Crippen molar-refractivity contribution in [3.8, 4) is 0 Å². The molecule has 6 heteroatoms. The highest BCUT2D eigenvalue weighted by molar-refractivity contribution is 6.31. The molecule has 1 aliphatic carbocycles. The molecule has 5 nitrogen and oxygen atoms in total. The Morgan fingerprint density at radius 3 is 2.45 bits per heavy atom. The molecule has 5 rings (SSSR count). The van der Waals surface area contributed by atoms with Crippen molar-refractivity contribution in [3.05, 3.63) is 64.9 Å². The van der Waals surface area contributed by atoms with Gasteiger partial charge in [0.15, 0.2) is 0 Å². The van der Waals surface area contributed by atoms with Gasteiger partial charge in [-0.05, 0) is 36.6 Å². The SMILES string of the molecule is O=C(C1CCCC1)N1CCN(c2nc(Cc3ccccc3)nc3cc(Cl)ccc23)CC1. The van der Waals surface area contributed by atoms with Gasteiger partial charge in [-0.3, -0.25) is 4.79 Å². The Balaban J connectivity index is 1.40. The minimum Gasteiger partial charge on any atom is -0.352 e. The zero-order valence-corrected chi connectivity index (χ0v) is 18.4. The van der Waals surface area contributed by atoms with E-state index in [1.165, 1.54) is 18.4 Å². The molecule has 0 bridgehead atoms. The number of hydrogen-bond donors (Lipinski definition) is 0. The molecular formula is C25H27ClN4O. The van der Waals surface area contributed by atoms with Gasteiger partial charge in [-0.15, -0.1) is 0 Å². The number of aromatic nitrogens is 2. The molecule has 0 N–H and O–H groups in total. The summed E-state index contributed by atoms with van der Waals surface area (Å²) in [6.07, 6.45) is 5.17. The van der Waals surface area contributed by atoms with Gasteiger partial charge < -0.3 is 9.80 Å². The van der Waals surface area contributed by atoms with Crippen LogP contribution in [0.3, 0.4) is 0 Å². The van der Waals surface area contributed by atoms with E-state index >= 15 is 0 Å². The van der Waals surface area contributed by atoms with Crippen molar-refractivity contribution in [2.24, 2.45) is 5.92 Å². The van der Waals surface area contributed by atoms with Gasteiger partial charge in [0.2, 0.25) is 5.91 Å². The lowest BCUT2D eigenvalue weighted by Gasteiger charge is -2.37. The molecule has 1 aromatic heterocycles. The first-order valence-electron chi connectivity index (χ1n) is 11.2. The van der Waals surface area contributed by atoms with Crippen LogP contribution in [0.4, 0.5) is 5.82 Å². The van der Waals surface area contributed by atoms with Crippen molar-refractivity contribution in [3.63, 3.8) is 0 Å². The minimum absolute atomic E-state index is 0.242. The summed E-state index contributed by atoms with van der Waals surface area (Å²) in [6.45, 7) is 3.08. The van der Waals surface area contributed by atoms with Crippen LogP contribution in [0.15, 0.2) is 48.5 Å². The van der Waals surface area contributed by atoms with Gasteiger partial charge >= 0.3 is 0 Å². The van der Waals surface area contributed by atoms with Crippen LogP contribution in [-0.4, -0.2) is 47.0 Å². The molecule has 1 aliphatic heterocycles. The zero-order chi connectivity index (χ0) is 21.2. The fourth-order valence-corrected chi connectivity index (χ4v) is 4.97. The summed E-state index contributed by atoms with van der Waals surface area (Å²) in [6, 6.07) is 16.1. The second-order valence-corrected chi connectivity index (χ2v) is 9.02. The number of benzene rings is 2. The van der Waals surface area contributed by atoms with E-state index in [1.807, 2.05) is 36.4 Å². The van der Waals surface area contributed by atoms with Gasteiger partial charge in [0.05, 0.1) is 5.52 Å². The number of amides is 1. The number of halogens is 1. The summed E-state index contributed by atoms with van der Waals surface area (Å²) in [5.74, 6) is 2.33. The van der Waals surface area contributed by atoms with Crippen molar-refractivity contribution in [2.45, 2.75) is 32.1 Å². The molecule has 160 valence electrons. The van der Waals surface area contributed by atoms with Gasteiger partial charge in [-0.25, -0.2) is 9.97 Å². The van der Waals surface area contributed by atoms with Crippen molar-refractivity contribution >= 4 is 34.2 Å². The lowest BCUT2D eigenvalue weighted by Crippen LogP contribution is -2.50. The Bertz CT molecular complexity index is 1070. The Kier molecular flexibility index (Phi) is 5.77. The summed E-state index contributed by atoms with van der Waals surface area (Å²) in [5, 5.41) is 1.69. The van der Waals surface area contributed by atoms with Gasteiger partial charge in [-0.2, -0.15) is 0 Å². The molecule has 0 atom stereocenters. The molecule has 1 saturated heterocycles. The second kappa shape index (κ2) is 8.83. The normalized spacial score (nSPS) is 17.5. The molecule has 1 saturated carbocycles. The fraction of sp³-hybridized carbons (Fsp3) is 0.400. The van der Waals surface area contributed by atoms with Gasteiger partial charge in [0, 0.05) is 48.9 Å². The largest absolute Gasteiger partial charge is 0.352 e.